The lowest BCUT2D eigenvalue weighted by atomic mass is 10.2. The van der Waals surface area contributed by atoms with Gasteiger partial charge in [0.05, 0.1) is 12.2 Å². The molecule has 1 unspecified atom stereocenters. The molecule has 1 aliphatic heterocycles. The van der Waals surface area contributed by atoms with E-state index < -0.39 is 5.60 Å². The number of carbonyl (C=O) groups excluding carboxylic acids is 2. The van der Waals surface area contributed by atoms with Gasteiger partial charge in [0.2, 0.25) is 6.08 Å². The van der Waals surface area contributed by atoms with Crippen LogP contribution < -0.4 is 4.74 Å². The zero-order chi connectivity index (χ0) is 16.2. The molecular weight excluding hydrogens is 284 g/mol. The van der Waals surface area contributed by atoms with Crippen LogP contribution in [0.1, 0.15) is 27.2 Å². The van der Waals surface area contributed by atoms with Gasteiger partial charge in [-0.15, -0.1) is 0 Å². The van der Waals surface area contributed by atoms with Gasteiger partial charge in [0.1, 0.15) is 17.5 Å². The van der Waals surface area contributed by atoms with Gasteiger partial charge < -0.3 is 14.4 Å². The van der Waals surface area contributed by atoms with Crippen molar-refractivity contribution in [3.63, 3.8) is 0 Å². The Labute approximate surface area is 129 Å². The smallest absolute Gasteiger partial charge is 0.410 e. The first-order valence-corrected chi connectivity index (χ1v) is 7.20. The zero-order valence-corrected chi connectivity index (χ0v) is 13.0. The number of likely N-dealkylation sites (tertiary alicyclic amines) is 1. The molecule has 0 saturated carbocycles. The van der Waals surface area contributed by atoms with E-state index in [2.05, 4.69) is 4.99 Å². The van der Waals surface area contributed by atoms with Crippen molar-refractivity contribution in [1.29, 1.82) is 0 Å². The molecule has 1 aromatic carbocycles. The number of isocyanates is 1. The number of aliphatic imine (C=N–C) groups is 1. The molecule has 1 fully saturated rings. The van der Waals surface area contributed by atoms with Gasteiger partial charge in [-0.25, -0.2) is 9.59 Å². The number of rotatable bonds is 3. The summed E-state index contributed by atoms with van der Waals surface area (Å²) in [6.45, 7) is 6.66. The highest BCUT2D eigenvalue weighted by Gasteiger charge is 2.30. The zero-order valence-electron chi connectivity index (χ0n) is 13.0. The third kappa shape index (κ3) is 4.60. The highest BCUT2D eigenvalue weighted by molar-refractivity contribution is 5.68. The van der Waals surface area contributed by atoms with Gasteiger partial charge in [-0.3, -0.25) is 0 Å². The SMILES string of the molecule is CC(C)(C)OC(=O)N1CCC(Oc2ccc(N=C=O)cc2)C1. The maximum absolute atomic E-state index is 12.0. The topological polar surface area (TPSA) is 68.2 Å². The van der Waals surface area contributed by atoms with Crippen molar-refractivity contribution < 1.29 is 19.1 Å². The second-order valence-corrected chi connectivity index (χ2v) is 6.15. The normalized spacial score (nSPS) is 17.8. The molecule has 0 bridgehead atoms. The first kappa shape index (κ1) is 16.0. The molecule has 0 N–H and O–H groups in total. The molecule has 0 spiro atoms. The van der Waals surface area contributed by atoms with Crippen LogP contribution in [0.5, 0.6) is 5.75 Å². The fourth-order valence-electron chi connectivity index (χ4n) is 2.16. The second kappa shape index (κ2) is 6.62. The summed E-state index contributed by atoms with van der Waals surface area (Å²) in [6.07, 6.45) is 1.87. The van der Waals surface area contributed by atoms with E-state index in [0.717, 1.165) is 6.42 Å². The fraction of sp³-hybridized carbons (Fsp3) is 0.500. The Morgan fingerprint density at radius 3 is 2.59 bits per heavy atom. The molecule has 0 aromatic heterocycles. The molecule has 2 rings (SSSR count). The summed E-state index contributed by atoms with van der Waals surface area (Å²) in [5.74, 6) is 0.681. The van der Waals surface area contributed by atoms with Crippen LogP contribution in [0.25, 0.3) is 0 Å². The molecule has 0 aliphatic carbocycles. The largest absolute Gasteiger partial charge is 0.489 e. The molecule has 1 atom stereocenters. The summed E-state index contributed by atoms with van der Waals surface area (Å²) in [5.41, 5.74) is 0.0365. The highest BCUT2D eigenvalue weighted by atomic mass is 16.6. The van der Waals surface area contributed by atoms with Crippen LogP contribution in [0.15, 0.2) is 29.3 Å². The van der Waals surface area contributed by atoms with Crippen molar-refractivity contribution in [3.8, 4) is 5.75 Å². The third-order valence-corrected chi connectivity index (χ3v) is 3.11. The van der Waals surface area contributed by atoms with E-state index in [1.165, 1.54) is 6.08 Å². The molecule has 6 heteroatoms. The summed E-state index contributed by atoms with van der Waals surface area (Å²) >= 11 is 0. The molecule has 118 valence electrons. The minimum atomic E-state index is -0.495. The monoisotopic (exact) mass is 304 g/mol. The minimum Gasteiger partial charge on any atom is -0.489 e. The lowest BCUT2D eigenvalue weighted by Gasteiger charge is -2.24. The van der Waals surface area contributed by atoms with Crippen LogP contribution in [0.4, 0.5) is 10.5 Å². The van der Waals surface area contributed by atoms with Crippen LogP contribution in [0.3, 0.4) is 0 Å². The van der Waals surface area contributed by atoms with E-state index in [4.69, 9.17) is 9.47 Å². The molecule has 1 saturated heterocycles. The van der Waals surface area contributed by atoms with E-state index in [-0.39, 0.29) is 12.2 Å². The predicted molar refractivity (Wildman–Crippen MR) is 81.1 cm³/mol. The number of ether oxygens (including phenoxy) is 2. The third-order valence-electron chi connectivity index (χ3n) is 3.11. The molecule has 1 aromatic rings. The number of hydrogen-bond acceptors (Lipinski definition) is 5. The lowest BCUT2D eigenvalue weighted by molar-refractivity contribution is 0.0275. The number of carbonyl (C=O) groups is 1. The number of nitrogens with zero attached hydrogens (tertiary/aromatic N) is 2. The van der Waals surface area contributed by atoms with E-state index >= 15 is 0 Å². The standard InChI is InChI=1S/C16H20N2O4/c1-16(2,3)22-15(20)18-9-8-14(10-18)21-13-6-4-12(5-7-13)17-11-19/h4-7,14H,8-10H2,1-3H3. The second-order valence-electron chi connectivity index (χ2n) is 6.15. The van der Waals surface area contributed by atoms with Gasteiger partial charge in [-0.1, -0.05) is 0 Å². The quantitative estimate of drug-likeness (QED) is 0.636. The Kier molecular flexibility index (Phi) is 4.83. The Morgan fingerprint density at radius 1 is 1.32 bits per heavy atom. The Hall–Kier alpha value is -2.33. The van der Waals surface area contributed by atoms with Crippen LogP contribution in [-0.2, 0) is 9.53 Å². The number of hydrogen-bond donors (Lipinski definition) is 0. The summed E-state index contributed by atoms with van der Waals surface area (Å²) in [4.78, 5) is 27.3. The highest BCUT2D eigenvalue weighted by Crippen LogP contribution is 2.22. The number of benzene rings is 1. The van der Waals surface area contributed by atoms with Gasteiger partial charge in [0.15, 0.2) is 0 Å². The van der Waals surface area contributed by atoms with Crippen LogP contribution >= 0.6 is 0 Å². The van der Waals surface area contributed by atoms with Crippen molar-refractivity contribution in [1.82, 2.24) is 4.90 Å². The van der Waals surface area contributed by atoms with Crippen molar-refractivity contribution >= 4 is 17.9 Å². The minimum absolute atomic E-state index is 0.0621. The van der Waals surface area contributed by atoms with Crippen molar-refractivity contribution in [2.24, 2.45) is 4.99 Å². The Balaban J connectivity index is 1.88. The maximum atomic E-state index is 12.0. The molecular formula is C16H20N2O4. The fourth-order valence-corrected chi connectivity index (χ4v) is 2.16. The molecule has 6 nitrogen and oxygen atoms in total. The van der Waals surface area contributed by atoms with Crippen molar-refractivity contribution in [2.45, 2.75) is 38.9 Å². The van der Waals surface area contributed by atoms with Crippen LogP contribution in [0.2, 0.25) is 0 Å². The van der Waals surface area contributed by atoms with Crippen molar-refractivity contribution in [3.05, 3.63) is 24.3 Å². The van der Waals surface area contributed by atoms with Gasteiger partial charge in [0.25, 0.3) is 0 Å². The summed E-state index contributed by atoms with van der Waals surface area (Å²) in [6, 6.07) is 6.85. The average Bonchev–Trinajstić information content (AvgIpc) is 2.88. The van der Waals surface area contributed by atoms with Gasteiger partial charge in [-0.2, -0.15) is 4.99 Å². The first-order chi connectivity index (χ1) is 10.4. The predicted octanol–water partition coefficient (Wildman–Crippen LogP) is 3.04. The Morgan fingerprint density at radius 2 is 2.00 bits per heavy atom. The van der Waals surface area contributed by atoms with E-state index in [9.17, 15) is 9.59 Å². The molecule has 22 heavy (non-hydrogen) atoms. The molecule has 0 radical (unpaired) electrons. The van der Waals surface area contributed by atoms with E-state index in [1.807, 2.05) is 20.8 Å². The molecule has 1 heterocycles. The summed E-state index contributed by atoms with van der Waals surface area (Å²) < 4.78 is 11.2. The lowest BCUT2D eigenvalue weighted by Crippen LogP contribution is -2.36. The summed E-state index contributed by atoms with van der Waals surface area (Å²) in [5, 5.41) is 0. The van der Waals surface area contributed by atoms with Crippen LogP contribution in [0, 0.1) is 0 Å². The molecule has 1 amide bonds. The van der Waals surface area contributed by atoms with Crippen molar-refractivity contribution in [2.75, 3.05) is 13.1 Å². The maximum Gasteiger partial charge on any atom is 0.410 e. The van der Waals surface area contributed by atoms with Gasteiger partial charge in [0, 0.05) is 13.0 Å². The van der Waals surface area contributed by atoms with E-state index in [0.29, 0.717) is 24.5 Å². The van der Waals surface area contributed by atoms with Crippen LogP contribution in [-0.4, -0.2) is 41.9 Å². The van der Waals surface area contributed by atoms with Gasteiger partial charge in [-0.05, 0) is 45.0 Å². The van der Waals surface area contributed by atoms with E-state index in [1.54, 1.807) is 29.2 Å². The first-order valence-electron chi connectivity index (χ1n) is 7.20. The summed E-state index contributed by atoms with van der Waals surface area (Å²) in [7, 11) is 0. The molecule has 1 aliphatic rings. The Bertz CT molecular complexity index is 571. The average molecular weight is 304 g/mol. The number of amides is 1. The van der Waals surface area contributed by atoms with Gasteiger partial charge >= 0.3 is 6.09 Å².